The summed E-state index contributed by atoms with van der Waals surface area (Å²) in [7, 11) is 1.65. The summed E-state index contributed by atoms with van der Waals surface area (Å²) in [4.78, 5) is 0. The Labute approximate surface area is 82.3 Å². The lowest BCUT2D eigenvalue weighted by molar-refractivity contribution is 0.399. The average Bonchev–Trinajstić information content (AvgIpc) is 2.65. The number of rotatable bonds is 2. The first-order valence-corrected chi connectivity index (χ1v) is 4.37. The van der Waals surface area contributed by atoms with Gasteiger partial charge in [-0.15, -0.1) is 0 Å². The lowest BCUT2D eigenvalue weighted by Gasteiger charge is -1.99. The predicted octanol–water partition coefficient (Wildman–Crippen LogP) is 2.66. The molecule has 0 N–H and O–H groups in total. The maximum Gasteiger partial charge on any atom is 0.134 e. The van der Waals surface area contributed by atoms with E-state index in [0.717, 1.165) is 22.8 Å². The molecule has 0 fully saturated rings. The molecule has 1 aromatic carbocycles. The Hall–Kier alpha value is -1.77. The second kappa shape index (κ2) is 3.54. The molecular weight excluding hydrogens is 178 g/mol. The van der Waals surface area contributed by atoms with Crippen LogP contribution in [0.5, 0.6) is 5.75 Å². The van der Waals surface area contributed by atoms with Crippen molar-refractivity contribution in [1.82, 2.24) is 5.16 Å². The number of ether oxygens (including phenoxy) is 1. The summed E-state index contributed by atoms with van der Waals surface area (Å²) < 4.78 is 10.1. The van der Waals surface area contributed by atoms with Gasteiger partial charge in [-0.1, -0.05) is 5.16 Å². The van der Waals surface area contributed by atoms with Crippen LogP contribution in [0.3, 0.4) is 0 Å². The maximum absolute atomic E-state index is 5.07. The van der Waals surface area contributed by atoms with Crippen molar-refractivity contribution in [2.24, 2.45) is 0 Å². The molecule has 0 spiro atoms. The molecule has 0 aliphatic carbocycles. The molecule has 0 bridgehead atoms. The van der Waals surface area contributed by atoms with E-state index in [-0.39, 0.29) is 0 Å². The van der Waals surface area contributed by atoms with Gasteiger partial charge in [0.05, 0.1) is 7.11 Å². The van der Waals surface area contributed by atoms with E-state index < -0.39 is 0 Å². The fourth-order valence-corrected chi connectivity index (χ4v) is 1.26. The van der Waals surface area contributed by atoms with Crippen molar-refractivity contribution in [3.8, 4) is 17.0 Å². The van der Waals surface area contributed by atoms with Crippen LogP contribution in [0.4, 0.5) is 0 Å². The maximum atomic E-state index is 5.07. The van der Waals surface area contributed by atoms with Crippen molar-refractivity contribution in [2.45, 2.75) is 6.92 Å². The van der Waals surface area contributed by atoms with Crippen molar-refractivity contribution in [3.63, 3.8) is 0 Å². The van der Waals surface area contributed by atoms with E-state index in [9.17, 15) is 0 Å². The summed E-state index contributed by atoms with van der Waals surface area (Å²) >= 11 is 0. The standard InChI is InChI=1S/C11H11NO2/c1-8-7-11(12-14-8)9-3-5-10(13-2)6-4-9/h3-7H,1-2H3. The lowest BCUT2D eigenvalue weighted by atomic mass is 10.1. The van der Waals surface area contributed by atoms with Crippen LogP contribution in [-0.2, 0) is 0 Å². The van der Waals surface area contributed by atoms with E-state index in [2.05, 4.69) is 5.16 Å². The van der Waals surface area contributed by atoms with Crippen LogP contribution in [0.2, 0.25) is 0 Å². The zero-order valence-corrected chi connectivity index (χ0v) is 8.15. The van der Waals surface area contributed by atoms with E-state index in [1.54, 1.807) is 7.11 Å². The molecule has 14 heavy (non-hydrogen) atoms. The van der Waals surface area contributed by atoms with Crippen molar-refractivity contribution >= 4 is 0 Å². The van der Waals surface area contributed by atoms with Gasteiger partial charge in [-0.3, -0.25) is 0 Å². The van der Waals surface area contributed by atoms with Crippen LogP contribution >= 0.6 is 0 Å². The number of benzene rings is 1. The number of nitrogens with zero attached hydrogens (tertiary/aromatic N) is 1. The summed E-state index contributed by atoms with van der Waals surface area (Å²) in [5.41, 5.74) is 1.88. The predicted molar refractivity (Wildman–Crippen MR) is 53.2 cm³/mol. The van der Waals surface area contributed by atoms with Gasteiger partial charge in [0.15, 0.2) is 0 Å². The molecule has 0 aliphatic rings. The van der Waals surface area contributed by atoms with E-state index >= 15 is 0 Å². The van der Waals surface area contributed by atoms with Gasteiger partial charge < -0.3 is 9.26 Å². The Morgan fingerprint density at radius 1 is 1.21 bits per heavy atom. The van der Waals surface area contributed by atoms with E-state index in [1.807, 2.05) is 37.3 Å². The highest BCUT2D eigenvalue weighted by atomic mass is 16.5. The summed E-state index contributed by atoms with van der Waals surface area (Å²) in [6.45, 7) is 1.88. The second-order valence-electron chi connectivity index (χ2n) is 3.05. The molecule has 2 aromatic rings. The van der Waals surface area contributed by atoms with Crippen LogP contribution < -0.4 is 4.74 Å². The minimum atomic E-state index is 0.816. The molecule has 0 atom stereocenters. The first kappa shape index (κ1) is 8.81. The van der Waals surface area contributed by atoms with Gasteiger partial charge in [0.25, 0.3) is 0 Å². The lowest BCUT2D eigenvalue weighted by Crippen LogP contribution is -1.82. The molecule has 1 heterocycles. The topological polar surface area (TPSA) is 35.3 Å². The van der Waals surface area contributed by atoms with E-state index in [0.29, 0.717) is 0 Å². The minimum absolute atomic E-state index is 0.816. The number of methoxy groups -OCH3 is 1. The first-order valence-electron chi connectivity index (χ1n) is 4.37. The smallest absolute Gasteiger partial charge is 0.134 e. The van der Waals surface area contributed by atoms with Crippen LogP contribution in [0.25, 0.3) is 11.3 Å². The number of hydrogen-bond acceptors (Lipinski definition) is 3. The fourth-order valence-electron chi connectivity index (χ4n) is 1.26. The molecular formula is C11H11NO2. The van der Waals surface area contributed by atoms with Gasteiger partial charge >= 0.3 is 0 Å². The molecule has 0 aliphatic heterocycles. The minimum Gasteiger partial charge on any atom is -0.497 e. The van der Waals surface area contributed by atoms with Gasteiger partial charge in [-0.2, -0.15) is 0 Å². The SMILES string of the molecule is COc1ccc(-c2cc(C)on2)cc1. The normalized spacial score (nSPS) is 10.1. The van der Waals surface area contributed by atoms with Gasteiger partial charge in [-0.25, -0.2) is 0 Å². The molecule has 3 heteroatoms. The Bertz CT molecular complexity index is 417. The summed E-state index contributed by atoms with van der Waals surface area (Å²) in [6.07, 6.45) is 0. The van der Waals surface area contributed by atoms with E-state index in [4.69, 9.17) is 9.26 Å². The average molecular weight is 189 g/mol. The molecule has 72 valence electrons. The Morgan fingerprint density at radius 3 is 2.43 bits per heavy atom. The van der Waals surface area contributed by atoms with Crippen molar-refractivity contribution in [3.05, 3.63) is 36.1 Å². The van der Waals surface area contributed by atoms with E-state index in [1.165, 1.54) is 0 Å². The first-order chi connectivity index (χ1) is 6.79. The molecule has 3 nitrogen and oxygen atoms in total. The molecule has 0 radical (unpaired) electrons. The molecule has 0 unspecified atom stereocenters. The van der Waals surface area contributed by atoms with Crippen molar-refractivity contribution in [1.29, 1.82) is 0 Å². The zero-order valence-electron chi connectivity index (χ0n) is 8.15. The van der Waals surface area contributed by atoms with Crippen molar-refractivity contribution < 1.29 is 9.26 Å². The monoisotopic (exact) mass is 189 g/mol. The molecule has 0 saturated heterocycles. The molecule has 2 rings (SSSR count). The highest BCUT2D eigenvalue weighted by molar-refractivity contribution is 5.59. The Morgan fingerprint density at radius 2 is 1.93 bits per heavy atom. The molecule has 1 aromatic heterocycles. The Kier molecular flexibility index (Phi) is 2.23. The second-order valence-corrected chi connectivity index (χ2v) is 3.05. The van der Waals surface area contributed by atoms with Crippen LogP contribution in [0.15, 0.2) is 34.9 Å². The fraction of sp³-hybridized carbons (Fsp3) is 0.182. The Balaban J connectivity index is 2.33. The summed E-state index contributed by atoms with van der Waals surface area (Å²) in [5, 5.41) is 3.93. The van der Waals surface area contributed by atoms with Crippen molar-refractivity contribution in [2.75, 3.05) is 7.11 Å². The number of hydrogen-bond donors (Lipinski definition) is 0. The summed E-state index contributed by atoms with van der Waals surface area (Å²) in [5.74, 6) is 1.66. The third kappa shape index (κ3) is 1.62. The van der Waals surface area contributed by atoms with Gasteiger partial charge in [0.2, 0.25) is 0 Å². The van der Waals surface area contributed by atoms with Crippen LogP contribution in [0, 0.1) is 6.92 Å². The zero-order chi connectivity index (χ0) is 9.97. The van der Waals surface area contributed by atoms with Crippen LogP contribution in [0.1, 0.15) is 5.76 Å². The van der Waals surface area contributed by atoms with Gasteiger partial charge in [0.1, 0.15) is 17.2 Å². The number of aryl methyl sites for hydroxylation is 1. The third-order valence-corrected chi connectivity index (χ3v) is 2.01. The largest absolute Gasteiger partial charge is 0.497 e. The number of aromatic nitrogens is 1. The highest BCUT2D eigenvalue weighted by Crippen LogP contribution is 2.21. The quantitative estimate of drug-likeness (QED) is 0.728. The van der Waals surface area contributed by atoms with Gasteiger partial charge in [-0.05, 0) is 31.2 Å². The highest BCUT2D eigenvalue weighted by Gasteiger charge is 2.02. The molecule has 0 saturated carbocycles. The summed E-state index contributed by atoms with van der Waals surface area (Å²) in [6, 6.07) is 9.62. The third-order valence-electron chi connectivity index (χ3n) is 2.01. The van der Waals surface area contributed by atoms with Crippen LogP contribution in [-0.4, -0.2) is 12.3 Å². The van der Waals surface area contributed by atoms with Gasteiger partial charge in [0, 0.05) is 11.6 Å². The molecule has 0 amide bonds.